The number of nitrogens with zero attached hydrogens (tertiary/aromatic N) is 1. The molecule has 174 valence electrons. The number of hydrogen-bond donors (Lipinski definition) is 2. The second kappa shape index (κ2) is 9.75. The summed E-state index contributed by atoms with van der Waals surface area (Å²) in [4.78, 5) is 1.95. The zero-order valence-electron chi connectivity index (χ0n) is 18.5. The Morgan fingerprint density at radius 1 is 1.09 bits per heavy atom. The van der Waals surface area contributed by atoms with E-state index in [9.17, 15) is 8.78 Å². The molecule has 0 radical (unpaired) electrons. The first-order valence-corrected chi connectivity index (χ1v) is 12.2. The van der Waals surface area contributed by atoms with Crippen LogP contribution in [0.3, 0.4) is 0 Å². The fourth-order valence-corrected chi connectivity index (χ4v) is 5.03. The van der Waals surface area contributed by atoms with Gasteiger partial charge in [-0.2, -0.15) is 0 Å². The van der Waals surface area contributed by atoms with E-state index in [2.05, 4.69) is 4.72 Å². The highest BCUT2D eigenvalue weighted by Gasteiger charge is 2.48. The van der Waals surface area contributed by atoms with E-state index in [1.807, 2.05) is 48.2 Å². The van der Waals surface area contributed by atoms with Crippen molar-refractivity contribution in [3.63, 3.8) is 0 Å². The van der Waals surface area contributed by atoms with Crippen LogP contribution in [0.25, 0.3) is 11.1 Å². The topological polar surface area (TPSA) is 41.3 Å². The SMILES string of the molecule is CC(CF)N(CC1(CNSC2(F)CC2)CC1)C(N)Cc1cccc(-c2ccccc2)c1F. The Morgan fingerprint density at radius 2 is 1.81 bits per heavy atom. The molecule has 2 atom stereocenters. The lowest BCUT2D eigenvalue weighted by Gasteiger charge is -2.36. The lowest BCUT2D eigenvalue weighted by atomic mass is 9.98. The molecule has 2 aliphatic carbocycles. The molecule has 0 spiro atoms. The van der Waals surface area contributed by atoms with Gasteiger partial charge in [-0.3, -0.25) is 9.62 Å². The van der Waals surface area contributed by atoms with E-state index in [0.717, 1.165) is 18.4 Å². The Bertz CT molecular complexity index is 903. The maximum Gasteiger partial charge on any atom is 0.170 e. The Labute approximate surface area is 193 Å². The fraction of sp³-hybridized carbons (Fsp3) is 0.520. The minimum atomic E-state index is -1.11. The van der Waals surface area contributed by atoms with E-state index in [1.54, 1.807) is 12.1 Å². The van der Waals surface area contributed by atoms with Crippen molar-refractivity contribution in [3.05, 3.63) is 59.9 Å². The van der Waals surface area contributed by atoms with Crippen LogP contribution >= 0.6 is 11.9 Å². The molecule has 2 aliphatic rings. The summed E-state index contributed by atoms with van der Waals surface area (Å²) in [7, 11) is 0. The number of halogens is 3. The molecular formula is C25H32F3N3S. The van der Waals surface area contributed by atoms with Crippen LogP contribution in [0.2, 0.25) is 0 Å². The highest BCUT2D eigenvalue weighted by molar-refractivity contribution is 7.98. The van der Waals surface area contributed by atoms with Gasteiger partial charge in [0.15, 0.2) is 5.00 Å². The average molecular weight is 464 g/mol. The molecule has 7 heteroatoms. The van der Waals surface area contributed by atoms with Crippen molar-refractivity contribution in [2.75, 3.05) is 19.8 Å². The standard InChI is InChI=1S/C25H32F3N3S/c1-18(15-26)31(17-24(10-11-24)16-30-32-25(28)12-13-25)22(29)14-20-8-5-9-21(23(20)27)19-6-3-2-4-7-19/h2-9,18,22,30H,10-17,29H2,1H3. The summed E-state index contributed by atoms with van der Waals surface area (Å²) in [5.41, 5.74) is 8.40. The summed E-state index contributed by atoms with van der Waals surface area (Å²) in [6.45, 7) is 2.58. The minimum absolute atomic E-state index is 0.0241. The highest BCUT2D eigenvalue weighted by atomic mass is 32.2. The van der Waals surface area contributed by atoms with Gasteiger partial charge in [0.1, 0.15) is 12.5 Å². The van der Waals surface area contributed by atoms with E-state index >= 15 is 4.39 Å². The Kier molecular flexibility index (Phi) is 7.20. The second-order valence-electron chi connectivity index (χ2n) is 9.40. The smallest absolute Gasteiger partial charge is 0.170 e. The summed E-state index contributed by atoms with van der Waals surface area (Å²) >= 11 is 1.18. The molecule has 2 unspecified atom stereocenters. The molecule has 2 fully saturated rings. The minimum Gasteiger partial charge on any atom is -0.315 e. The van der Waals surface area contributed by atoms with Crippen molar-refractivity contribution < 1.29 is 13.2 Å². The maximum atomic E-state index is 15.3. The molecule has 2 aromatic carbocycles. The molecule has 0 aromatic heterocycles. The van der Waals surface area contributed by atoms with Crippen LogP contribution in [0.1, 0.15) is 38.2 Å². The third-order valence-corrected chi connectivity index (χ3v) is 7.69. The van der Waals surface area contributed by atoms with Crippen molar-refractivity contribution in [3.8, 4) is 11.1 Å². The molecule has 2 aromatic rings. The van der Waals surface area contributed by atoms with Crippen molar-refractivity contribution in [2.45, 2.75) is 56.2 Å². The van der Waals surface area contributed by atoms with Crippen LogP contribution in [-0.4, -0.2) is 41.9 Å². The molecule has 2 saturated carbocycles. The van der Waals surface area contributed by atoms with E-state index in [0.29, 0.717) is 43.5 Å². The quantitative estimate of drug-likeness (QED) is 0.324. The second-order valence-corrected chi connectivity index (χ2v) is 10.6. The molecule has 3 nitrogen and oxygen atoms in total. The van der Waals surface area contributed by atoms with Crippen LogP contribution in [-0.2, 0) is 6.42 Å². The lowest BCUT2D eigenvalue weighted by molar-refractivity contribution is 0.0969. The average Bonchev–Trinajstić information content (AvgIpc) is 3.72. The van der Waals surface area contributed by atoms with Crippen LogP contribution < -0.4 is 10.5 Å². The molecule has 0 heterocycles. The molecule has 0 bridgehead atoms. The molecule has 0 aliphatic heterocycles. The van der Waals surface area contributed by atoms with E-state index < -0.39 is 17.8 Å². The van der Waals surface area contributed by atoms with Crippen molar-refractivity contribution in [2.24, 2.45) is 11.1 Å². The van der Waals surface area contributed by atoms with E-state index in [4.69, 9.17) is 5.73 Å². The normalized spacial score (nSPS) is 20.2. The van der Waals surface area contributed by atoms with Crippen LogP contribution in [0.15, 0.2) is 48.5 Å². The summed E-state index contributed by atoms with van der Waals surface area (Å²) in [6, 6.07) is 14.4. The first-order valence-electron chi connectivity index (χ1n) is 11.3. The predicted molar refractivity (Wildman–Crippen MR) is 126 cm³/mol. The molecule has 0 amide bonds. The molecule has 3 N–H and O–H groups in total. The Balaban J connectivity index is 1.44. The number of hydrogen-bond acceptors (Lipinski definition) is 4. The van der Waals surface area contributed by atoms with Crippen molar-refractivity contribution in [1.29, 1.82) is 0 Å². The van der Waals surface area contributed by atoms with Gasteiger partial charge in [-0.1, -0.05) is 48.5 Å². The summed E-state index contributed by atoms with van der Waals surface area (Å²) in [5.74, 6) is -0.279. The van der Waals surface area contributed by atoms with Gasteiger partial charge in [0.05, 0.1) is 6.17 Å². The van der Waals surface area contributed by atoms with Crippen LogP contribution in [0.5, 0.6) is 0 Å². The molecule has 32 heavy (non-hydrogen) atoms. The maximum absolute atomic E-state index is 15.3. The number of alkyl halides is 2. The lowest BCUT2D eigenvalue weighted by Crippen LogP contribution is -2.52. The Hall–Kier alpha value is -1.54. The van der Waals surface area contributed by atoms with Gasteiger partial charge < -0.3 is 5.73 Å². The van der Waals surface area contributed by atoms with Gasteiger partial charge in [0.25, 0.3) is 0 Å². The van der Waals surface area contributed by atoms with Gasteiger partial charge in [-0.25, -0.2) is 13.2 Å². The molecule has 0 saturated heterocycles. The fourth-order valence-electron chi connectivity index (χ4n) is 4.08. The van der Waals surface area contributed by atoms with Crippen LogP contribution in [0, 0.1) is 11.2 Å². The van der Waals surface area contributed by atoms with Crippen molar-refractivity contribution in [1.82, 2.24) is 9.62 Å². The van der Waals surface area contributed by atoms with E-state index in [-0.39, 0.29) is 17.3 Å². The summed E-state index contributed by atoms with van der Waals surface area (Å²) in [5, 5.41) is -1.11. The first-order chi connectivity index (χ1) is 15.3. The monoisotopic (exact) mass is 463 g/mol. The van der Waals surface area contributed by atoms with E-state index in [1.165, 1.54) is 11.9 Å². The molecular weight excluding hydrogens is 431 g/mol. The number of rotatable bonds is 12. The highest BCUT2D eigenvalue weighted by Crippen LogP contribution is 2.50. The third-order valence-electron chi connectivity index (χ3n) is 6.63. The summed E-state index contributed by atoms with van der Waals surface area (Å²) in [6.07, 6.45) is 2.98. The first kappa shape index (κ1) is 23.6. The number of nitrogens with one attached hydrogen (secondary N) is 1. The van der Waals surface area contributed by atoms with Crippen molar-refractivity contribution >= 4 is 11.9 Å². The zero-order valence-corrected chi connectivity index (χ0v) is 19.3. The number of benzene rings is 2. The van der Waals surface area contributed by atoms with Gasteiger partial charge in [0, 0.05) is 31.1 Å². The van der Waals surface area contributed by atoms with Gasteiger partial charge in [-0.15, -0.1) is 0 Å². The van der Waals surface area contributed by atoms with Gasteiger partial charge >= 0.3 is 0 Å². The largest absolute Gasteiger partial charge is 0.315 e. The zero-order chi connectivity index (χ0) is 22.8. The number of nitrogens with two attached hydrogens (primary N) is 1. The predicted octanol–water partition coefficient (Wildman–Crippen LogP) is 5.46. The van der Waals surface area contributed by atoms with Crippen LogP contribution in [0.4, 0.5) is 13.2 Å². The van der Waals surface area contributed by atoms with Gasteiger partial charge in [-0.05, 0) is 61.1 Å². The third kappa shape index (κ3) is 5.68. The summed E-state index contributed by atoms with van der Waals surface area (Å²) < 4.78 is 46.1. The Morgan fingerprint density at radius 3 is 2.44 bits per heavy atom. The molecule has 4 rings (SSSR count). The van der Waals surface area contributed by atoms with Gasteiger partial charge in [0.2, 0.25) is 0 Å².